The summed E-state index contributed by atoms with van der Waals surface area (Å²) in [4.78, 5) is 0. The van der Waals surface area contributed by atoms with Crippen molar-refractivity contribution >= 4 is 7.60 Å². The first-order valence-electron chi connectivity index (χ1n) is 8.34. The number of rotatable bonds is 11. The molecule has 0 aliphatic rings. The van der Waals surface area contributed by atoms with Crippen molar-refractivity contribution in [3.05, 3.63) is 0 Å². The van der Waals surface area contributed by atoms with Crippen LogP contribution in [0.5, 0.6) is 0 Å². The molecule has 0 unspecified atom stereocenters. The van der Waals surface area contributed by atoms with Gasteiger partial charge in [-0.25, -0.2) is 0 Å². The van der Waals surface area contributed by atoms with E-state index in [4.69, 9.17) is 23.3 Å². The molecular weight excluding hydrogens is 319 g/mol. The molecule has 0 amide bonds. The average molecular weight is 354 g/mol. The number of hydrogen-bond donors (Lipinski definition) is 0. The first-order chi connectivity index (χ1) is 10.3. The second-order valence-corrected chi connectivity index (χ2v) is 8.79. The molecule has 0 rings (SSSR count). The Morgan fingerprint density at radius 2 is 0.826 bits per heavy atom. The van der Waals surface area contributed by atoms with E-state index < -0.39 is 13.3 Å². The zero-order valence-electron chi connectivity index (χ0n) is 16.3. The van der Waals surface area contributed by atoms with Crippen LogP contribution in [0.15, 0.2) is 0 Å². The molecule has 0 saturated heterocycles. The van der Waals surface area contributed by atoms with Gasteiger partial charge in [0.25, 0.3) is 0 Å². The molecule has 0 heterocycles. The predicted molar refractivity (Wildman–Crippen MR) is 91.4 cm³/mol. The minimum Gasteiger partial charge on any atom is -0.315 e. The van der Waals surface area contributed by atoms with E-state index >= 15 is 0 Å². The Balaban J connectivity index is 6.07. The van der Waals surface area contributed by atoms with E-state index in [9.17, 15) is 4.57 Å². The summed E-state index contributed by atoms with van der Waals surface area (Å²) in [6.45, 7) is 18.0. The molecule has 7 heteroatoms. The molecule has 0 spiro atoms. The van der Waals surface area contributed by atoms with E-state index in [0.29, 0.717) is 0 Å². The van der Waals surface area contributed by atoms with Crippen LogP contribution in [0, 0.1) is 0 Å². The van der Waals surface area contributed by atoms with Gasteiger partial charge in [-0.15, -0.1) is 0 Å². The Morgan fingerprint density at radius 3 is 1.00 bits per heavy atom. The summed E-state index contributed by atoms with van der Waals surface area (Å²) >= 11 is 0. The van der Waals surface area contributed by atoms with E-state index in [2.05, 4.69) is 0 Å². The molecule has 0 aromatic heterocycles. The largest absolute Gasteiger partial charge is 0.420 e. The van der Waals surface area contributed by atoms with Gasteiger partial charge < -0.3 is 23.3 Å². The summed E-state index contributed by atoms with van der Waals surface area (Å²) in [7, 11) is -3.90. The molecule has 0 aliphatic carbocycles. The molecule has 0 fully saturated rings. The fraction of sp³-hybridized carbons (Fsp3) is 1.00. The lowest BCUT2D eigenvalue weighted by Gasteiger charge is -2.41. The molecule has 0 atom stereocenters. The summed E-state index contributed by atoms with van der Waals surface area (Å²) in [6, 6.07) is 0. The first-order valence-corrected chi connectivity index (χ1v) is 9.88. The highest BCUT2D eigenvalue weighted by Crippen LogP contribution is 2.64. The van der Waals surface area contributed by atoms with Gasteiger partial charge in [-0.2, -0.15) is 0 Å². The standard InChI is InChI=1S/C16H35O6P/c1-11(2)18-16(19-12(3)4,20-13(5)6)23(17,21-14(7)8)22-15(9)10/h11-15H,1-10H3. The minimum absolute atomic E-state index is 0.299. The SMILES string of the molecule is CC(C)OC(OC(C)C)(OC(C)C)P(=O)(OC(C)C)OC(C)C. The fourth-order valence-electron chi connectivity index (χ4n) is 1.88. The Morgan fingerprint density at radius 1 is 0.565 bits per heavy atom. The van der Waals surface area contributed by atoms with Crippen LogP contribution in [-0.2, 0) is 27.8 Å². The highest BCUT2D eigenvalue weighted by molar-refractivity contribution is 7.55. The van der Waals surface area contributed by atoms with Crippen molar-refractivity contribution in [2.45, 2.75) is 105 Å². The minimum atomic E-state index is -3.90. The van der Waals surface area contributed by atoms with Crippen molar-refractivity contribution in [3.8, 4) is 0 Å². The summed E-state index contributed by atoms with van der Waals surface area (Å²) in [5.41, 5.74) is -1.90. The summed E-state index contributed by atoms with van der Waals surface area (Å²) < 4.78 is 42.6. The van der Waals surface area contributed by atoms with Crippen LogP contribution in [0.3, 0.4) is 0 Å². The Hall–Kier alpha value is 0.0300. The fourth-order valence-corrected chi connectivity index (χ4v) is 4.32. The smallest absolute Gasteiger partial charge is 0.315 e. The van der Waals surface area contributed by atoms with Gasteiger partial charge in [0.2, 0.25) is 0 Å². The lowest BCUT2D eigenvalue weighted by molar-refractivity contribution is -0.366. The second kappa shape index (κ2) is 9.50. The monoisotopic (exact) mass is 354 g/mol. The maximum atomic E-state index is 13.6. The van der Waals surface area contributed by atoms with Gasteiger partial charge in [0.1, 0.15) is 0 Å². The Bertz CT molecular complexity index is 338. The molecule has 0 N–H and O–H groups in total. The molecule has 23 heavy (non-hydrogen) atoms. The van der Waals surface area contributed by atoms with Gasteiger partial charge in [-0.05, 0) is 69.2 Å². The second-order valence-electron chi connectivity index (χ2n) is 6.83. The number of ether oxygens (including phenoxy) is 3. The molecule has 6 nitrogen and oxygen atoms in total. The average Bonchev–Trinajstić information content (AvgIpc) is 2.22. The van der Waals surface area contributed by atoms with Gasteiger partial charge in [-0.1, -0.05) is 0 Å². The van der Waals surface area contributed by atoms with Gasteiger partial charge in [0.05, 0.1) is 30.5 Å². The summed E-state index contributed by atoms with van der Waals surface area (Å²) in [5.74, 6) is 0. The topological polar surface area (TPSA) is 63.2 Å². The van der Waals surface area contributed by atoms with Gasteiger partial charge in [-0.3, -0.25) is 4.57 Å². The van der Waals surface area contributed by atoms with Crippen molar-refractivity contribution in [2.24, 2.45) is 0 Å². The van der Waals surface area contributed by atoms with E-state index in [1.165, 1.54) is 0 Å². The van der Waals surface area contributed by atoms with Crippen LogP contribution in [0.1, 0.15) is 69.2 Å². The van der Waals surface area contributed by atoms with Crippen molar-refractivity contribution in [2.75, 3.05) is 0 Å². The van der Waals surface area contributed by atoms with Crippen LogP contribution >= 0.6 is 7.60 Å². The quantitative estimate of drug-likeness (QED) is 0.388. The lowest BCUT2D eigenvalue weighted by Crippen LogP contribution is -2.46. The van der Waals surface area contributed by atoms with Crippen LogP contribution in [-0.4, -0.2) is 36.2 Å². The lowest BCUT2D eigenvalue weighted by atomic mass is 10.5. The van der Waals surface area contributed by atoms with Gasteiger partial charge >= 0.3 is 13.3 Å². The Labute approximate surface area is 141 Å². The van der Waals surface area contributed by atoms with Crippen molar-refractivity contribution in [3.63, 3.8) is 0 Å². The molecule has 0 aliphatic heterocycles. The van der Waals surface area contributed by atoms with Gasteiger partial charge in [0, 0.05) is 0 Å². The molecule has 140 valence electrons. The third kappa shape index (κ3) is 7.63. The van der Waals surface area contributed by atoms with Crippen LogP contribution in [0.4, 0.5) is 0 Å². The molecule has 0 aromatic carbocycles. The molecule has 0 radical (unpaired) electrons. The van der Waals surface area contributed by atoms with Crippen molar-refractivity contribution in [1.82, 2.24) is 0 Å². The number of hydrogen-bond acceptors (Lipinski definition) is 6. The van der Waals surface area contributed by atoms with Crippen LogP contribution < -0.4 is 0 Å². The van der Waals surface area contributed by atoms with E-state index in [1.807, 2.05) is 41.5 Å². The van der Waals surface area contributed by atoms with E-state index in [-0.39, 0.29) is 30.5 Å². The maximum Gasteiger partial charge on any atom is 0.420 e. The van der Waals surface area contributed by atoms with Crippen LogP contribution in [0.25, 0.3) is 0 Å². The first kappa shape index (κ1) is 23.0. The molecule has 0 saturated carbocycles. The third-order valence-electron chi connectivity index (χ3n) is 2.19. The molecule has 0 aromatic rings. The highest BCUT2D eigenvalue weighted by Gasteiger charge is 2.59. The highest BCUT2D eigenvalue weighted by atomic mass is 31.2. The normalized spacial score (nSPS) is 14.0. The van der Waals surface area contributed by atoms with Gasteiger partial charge in [0.15, 0.2) is 0 Å². The summed E-state index contributed by atoms with van der Waals surface area (Å²) in [6.07, 6.45) is -1.59. The van der Waals surface area contributed by atoms with Crippen LogP contribution in [0.2, 0.25) is 0 Å². The van der Waals surface area contributed by atoms with Crippen molar-refractivity contribution < 1.29 is 27.8 Å². The van der Waals surface area contributed by atoms with E-state index in [1.54, 1.807) is 27.7 Å². The predicted octanol–water partition coefficient (Wildman–Crippen LogP) is 4.92. The summed E-state index contributed by atoms with van der Waals surface area (Å²) in [5, 5.41) is 0. The zero-order valence-corrected chi connectivity index (χ0v) is 17.2. The maximum absolute atomic E-state index is 13.6. The Kier molecular flexibility index (Phi) is 9.51. The van der Waals surface area contributed by atoms with E-state index in [0.717, 1.165) is 0 Å². The van der Waals surface area contributed by atoms with Crippen molar-refractivity contribution in [1.29, 1.82) is 0 Å². The zero-order chi connectivity index (χ0) is 18.4. The molecule has 0 bridgehead atoms. The molecular formula is C16H35O6P. The third-order valence-corrected chi connectivity index (χ3v) is 4.57.